The number of hydrogen-bond donors (Lipinski definition) is 1. The molecule has 1 aliphatic carbocycles. The number of aromatic nitrogens is 1. The molecule has 1 aliphatic rings. The third-order valence-electron chi connectivity index (χ3n) is 3.86. The van der Waals surface area contributed by atoms with Gasteiger partial charge in [-0.15, -0.1) is 11.3 Å². The fourth-order valence-electron chi connectivity index (χ4n) is 2.46. The van der Waals surface area contributed by atoms with Gasteiger partial charge in [0.15, 0.2) is 0 Å². The van der Waals surface area contributed by atoms with E-state index in [-0.39, 0.29) is 0 Å². The van der Waals surface area contributed by atoms with Gasteiger partial charge in [-0.05, 0) is 38.2 Å². The maximum absolute atomic E-state index is 4.32. The molecule has 2 aromatic rings. The highest BCUT2D eigenvalue weighted by molar-refractivity contribution is 7.09. The molecule has 0 saturated heterocycles. The monoisotopic (exact) mass is 272 g/mol. The topological polar surface area (TPSA) is 24.9 Å². The Labute approximate surface area is 118 Å². The molecule has 1 heterocycles. The molecule has 1 fully saturated rings. The van der Waals surface area contributed by atoms with Gasteiger partial charge < -0.3 is 5.32 Å². The molecule has 0 radical (unpaired) electrons. The van der Waals surface area contributed by atoms with Gasteiger partial charge in [0.1, 0.15) is 0 Å². The van der Waals surface area contributed by atoms with Crippen LogP contribution >= 0.6 is 11.3 Å². The van der Waals surface area contributed by atoms with Crippen LogP contribution in [-0.2, 0) is 6.54 Å². The van der Waals surface area contributed by atoms with E-state index in [0.717, 1.165) is 18.2 Å². The first-order valence-electron chi connectivity index (χ1n) is 6.93. The average Bonchev–Trinajstić information content (AvgIpc) is 3.16. The third-order valence-corrected chi connectivity index (χ3v) is 4.79. The molecular weight excluding hydrogens is 252 g/mol. The zero-order valence-electron chi connectivity index (χ0n) is 11.5. The van der Waals surface area contributed by atoms with Crippen LogP contribution < -0.4 is 5.32 Å². The van der Waals surface area contributed by atoms with Crippen molar-refractivity contribution < 1.29 is 0 Å². The second-order valence-electron chi connectivity index (χ2n) is 5.47. The van der Waals surface area contributed by atoms with Crippen LogP contribution in [0.15, 0.2) is 29.8 Å². The maximum atomic E-state index is 4.32. The van der Waals surface area contributed by atoms with E-state index in [2.05, 4.69) is 48.4 Å². The number of nitrogens with one attached hydrogen (secondary N) is 1. The van der Waals surface area contributed by atoms with E-state index in [0.29, 0.717) is 6.04 Å². The summed E-state index contributed by atoms with van der Waals surface area (Å²) in [6.07, 6.45) is 2.71. The summed E-state index contributed by atoms with van der Waals surface area (Å²) in [6, 6.07) is 9.46. The van der Waals surface area contributed by atoms with Gasteiger partial charge in [0.2, 0.25) is 0 Å². The second-order valence-corrected chi connectivity index (χ2v) is 6.41. The molecule has 0 aliphatic heterocycles. The number of aryl methyl sites for hydroxylation is 2. The molecule has 0 amide bonds. The lowest BCUT2D eigenvalue weighted by Gasteiger charge is -2.18. The summed E-state index contributed by atoms with van der Waals surface area (Å²) >= 11 is 1.75. The SMILES string of the molecule is Cc1ccc(C(NCc2scnc2C)C2CC2)cc1. The molecule has 1 aromatic heterocycles. The first-order chi connectivity index (χ1) is 9.24. The van der Waals surface area contributed by atoms with Crippen LogP contribution in [-0.4, -0.2) is 4.98 Å². The predicted octanol–water partition coefficient (Wildman–Crippen LogP) is 4.00. The van der Waals surface area contributed by atoms with Crippen LogP contribution in [0.2, 0.25) is 0 Å². The Hall–Kier alpha value is -1.19. The normalized spacial score (nSPS) is 16.5. The summed E-state index contributed by atoms with van der Waals surface area (Å²) in [7, 11) is 0. The molecule has 1 saturated carbocycles. The summed E-state index contributed by atoms with van der Waals surface area (Å²) in [6.45, 7) is 5.17. The van der Waals surface area contributed by atoms with Crippen molar-refractivity contribution >= 4 is 11.3 Å². The molecule has 100 valence electrons. The van der Waals surface area contributed by atoms with E-state index in [1.807, 2.05) is 5.51 Å². The lowest BCUT2D eigenvalue weighted by atomic mass is 10.0. The minimum absolute atomic E-state index is 0.502. The van der Waals surface area contributed by atoms with Gasteiger partial charge >= 0.3 is 0 Å². The number of rotatable bonds is 5. The number of benzene rings is 1. The Kier molecular flexibility index (Phi) is 3.67. The van der Waals surface area contributed by atoms with E-state index in [9.17, 15) is 0 Å². The smallest absolute Gasteiger partial charge is 0.0798 e. The van der Waals surface area contributed by atoms with Gasteiger partial charge in [-0.1, -0.05) is 29.8 Å². The molecule has 3 rings (SSSR count). The van der Waals surface area contributed by atoms with E-state index < -0.39 is 0 Å². The van der Waals surface area contributed by atoms with Gasteiger partial charge in [-0.2, -0.15) is 0 Å². The van der Waals surface area contributed by atoms with Crippen molar-refractivity contribution in [1.82, 2.24) is 10.3 Å². The lowest BCUT2D eigenvalue weighted by molar-refractivity contribution is 0.482. The second kappa shape index (κ2) is 5.43. The van der Waals surface area contributed by atoms with Gasteiger partial charge in [0, 0.05) is 17.5 Å². The molecule has 1 unspecified atom stereocenters. The summed E-state index contributed by atoms with van der Waals surface area (Å²) in [5.74, 6) is 0.816. The molecule has 3 heteroatoms. The summed E-state index contributed by atoms with van der Waals surface area (Å²) in [5, 5.41) is 3.73. The third kappa shape index (κ3) is 3.04. The van der Waals surface area contributed by atoms with E-state index in [1.54, 1.807) is 11.3 Å². The molecule has 0 spiro atoms. The van der Waals surface area contributed by atoms with Crippen molar-refractivity contribution in [2.24, 2.45) is 5.92 Å². The minimum Gasteiger partial charge on any atom is -0.305 e. The van der Waals surface area contributed by atoms with Crippen LogP contribution in [0.25, 0.3) is 0 Å². The fraction of sp³-hybridized carbons (Fsp3) is 0.438. The first-order valence-corrected chi connectivity index (χ1v) is 7.81. The Balaban J connectivity index is 1.71. The van der Waals surface area contributed by atoms with Crippen LogP contribution in [0.3, 0.4) is 0 Å². The van der Waals surface area contributed by atoms with E-state index in [1.165, 1.54) is 28.8 Å². The highest BCUT2D eigenvalue weighted by Crippen LogP contribution is 2.41. The van der Waals surface area contributed by atoms with Crippen molar-refractivity contribution in [1.29, 1.82) is 0 Å². The average molecular weight is 272 g/mol. The minimum atomic E-state index is 0.502. The highest BCUT2D eigenvalue weighted by atomic mass is 32.1. The lowest BCUT2D eigenvalue weighted by Crippen LogP contribution is -2.22. The molecule has 0 bridgehead atoms. The summed E-state index contributed by atoms with van der Waals surface area (Å²) in [4.78, 5) is 5.68. The van der Waals surface area contributed by atoms with E-state index in [4.69, 9.17) is 0 Å². The maximum Gasteiger partial charge on any atom is 0.0798 e. The van der Waals surface area contributed by atoms with Crippen LogP contribution in [0.5, 0.6) is 0 Å². The van der Waals surface area contributed by atoms with Gasteiger partial charge in [0.25, 0.3) is 0 Å². The molecule has 1 aromatic carbocycles. The number of nitrogens with zero attached hydrogens (tertiary/aromatic N) is 1. The Bertz CT molecular complexity index is 540. The molecule has 19 heavy (non-hydrogen) atoms. The molecule has 1 N–H and O–H groups in total. The molecule has 1 atom stereocenters. The quantitative estimate of drug-likeness (QED) is 0.890. The van der Waals surface area contributed by atoms with Crippen LogP contribution in [0.4, 0.5) is 0 Å². The Morgan fingerprint density at radius 1 is 1.26 bits per heavy atom. The summed E-state index contributed by atoms with van der Waals surface area (Å²) < 4.78 is 0. The van der Waals surface area contributed by atoms with Gasteiger partial charge in [0.05, 0.1) is 11.2 Å². The largest absolute Gasteiger partial charge is 0.305 e. The van der Waals surface area contributed by atoms with Crippen molar-refractivity contribution in [3.05, 3.63) is 51.5 Å². The van der Waals surface area contributed by atoms with Crippen molar-refractivity contribution in [2.75, 3.05) is 0 Å². The zero-order valence-corrected chi connectivity index (χ0v) is 12.3. The fourth-order valence-corrected chi connectivity index (χ4v) is 3.19. The van der Waals surface area contributed by atoms with Crippen LogP contribution in [0, 0.1) is 19.8 Å². The number of thiazole rings is 1. The predicted molar refractivity (Wildman–Crippen MR) is 80.3 cm³/mol. The Morgan fingerprint density at radius 2 is 2.00 bits per heavy atom. The zero-order chi connectivity index (χ0) is 13.2. The Morgan fingerprint density at radius 3 is 2.58 bits per heavy atom. The molecular formula is C16H20N2S. The molecule has 2 nitrogen and oxygen atoms in total. The standard InChI is InChI=1S/C16H20N2S/c1-11-3-5-13(6-4-11)16(14-7-8-14)17-9-15-12(2)18-10-19-15/h3-6,10,14,16-17H,7-9H2,1-2H3. The number of hydrogen-bond acceptors (Lipinski definition) is 3. The van der Waals surface area contributed by atoms with E-state index >= 15 is 0 Å². The van der Waals surface area contributed by atoms with Gasteiger partial charge in [-0.25, -0.2) is 4.98 Å². The van der Waals surface area contributed by atoms with Crippen molar-refractivity contribution in [3.8, 4) is 0 Å². The van der Waals surface area contributed by atoms with Crippen molar-refractivity contribution in [3.63, 3.8) is 0 Å². The summed E-state index contributed by atoms with van der Waals surface area (Å²) in [5.41, 5.74) is 5.85. The van der Waals surface area contributed by atoms with Gasteiger partial charge in [-0.3, -0.25) is 0 Å². The highest BCUT2D eigenvalue weighted by Gasteiger charge is 2.31. The van der Waals surface area contributed by atoms with Crippen molar-refractivity contribution in [2.45, 2.75) is 39.3 Å². The first kappa shape index (κ1) is 12.8. The van der Waals surface area contributed by atoms with Crippen LogP contribution in [0.1, 0.15) is 40.6 Å².